The van der Waals surface area contributed by atoms with Gasteiger partial charge in [-0.3, -0.25) is 9.69 Å². The van der Waals surface area contributed by atoms with Crippen LogP contribution in [0.2, 0.25) is 0 Å². The molecule has 6 nitrogen and oxygen atoms in total. The van der Waals surface area contributed by atoms with Crippen molar-refractivity contribution in [1.82, 2.24) is 15.2 Å². The summed E-state index contributed by atoms with van der Waals surface area (Å²) in [5, 5.41) is 3.08. The summed E-state index contributed by atoms with van der Waals surface area (Å²) in [6, 6.07) is 3.82. The Morgan fingerprint density at radius 2 is 2.08 bits per heavy atom. The Hall–Kier alpha value is -1.66. The number of morpholine rings is 1. The number of aromatic nitrogens is 1. The van der Waals surface area contributed by atoms with Crippen LogP contribution in [0.4, 0.5) is 0 Å². The first-order valence-corrected chi connectivity index (χ1v) is 8.80. The highest BCUT2D eigenvalue weighted by atomic mass is 16.5. The van der Waals surface area contributed by atoms with Crippen molar-refractivity contribution in [3.8, 4) is 5.88 Å². The van der Waals surface area contributed by atoms with Gasteiger partial charge in [0.1, 0.15) is 5.56 Å². The molecule has 0 aliphatic carbocycles. The van der Waals surface area contributed by atoms with E-state index in [1.165, 1.54) is 7.11 Å². The molecule has 1 saturated heterocycles. The molecule has 1 aromatic heterocycles. The van der Waals surface area contributed by atoms with Crippen molar-refractivity contribution in [2.75, 3.05) is 40.0 Å². The van der Waals surface area contributed by atoms with Crippen molar-refractivity contribution in [2.45, 2.75) is 32.7 Å². The van der Waals surface area contributed by atoms with E-state index in [-0.39, 0.29) is 5.91 Å². The van der Waals surface area contributed by atoms with Gasteiger partial charge >= 0.3 is 0 Å². The summed E-state index contributed by atoms with van der Waals surface area (Å²) in [4.78, 5) is 19.1. The van der Waals surface area contributed by atoms with Gasteiger partial charge in [0, 0.05) is 31.9 Å². The molecular weight excluding hydrogens is 306 g/mol. The zero-order chi connectivity index (χ0) is 17.4. The Balaban J connectivity index is 2.04. The van der Waals surface area contributed by atoms with Crippen LogP contribution in [0, 0.1) is 5.92 Å². The number of pyridine rings is 1. The fraction of sp³-hybridized carbons (Fsp3) is 0.667. The van der Waals surface area contributed by atoms with Gasteiger partial charge in [-0.2, -0.15) is 0 Å². The van der Waals surface area contributed by atoms with Crippen molar-refractivity contribution in [3.05, 3.63) is 23.9 Å². The zero-order valence-corrected chi connectivity index (χ0v) is 15.0. The minimum Gasteiger partial charge on any atom is -0.480 e. The van der Waals surface area contributed by atoms with E-state index in [0.717, 1.165) is 39.1 Å². The Morgan fingerprint density at radius 3 is 2.71 bits per heavy atom. The van der Waals surface area contributed by atoms with Crippen molar-refractivity contribution in [1.29, 1.82) is 0 Å². The first kappa shape index (κ1) is 18.7. The second-order valence-electron chi connectivity index (χ2n) is 6.06. The molecule has 1 aromatic rings. The molecular formula is C18H29N3O3. The number of nitrogens with zero attached hydrogens (tertiary/aromatic N) is 2. The number of rotatable bonds is 8. The summed E-state index contributed by atoms with van der Waals surface area (Å²) in [5.41, 5.74) is 0.477. The molecule has 1 aliphatic rings. The molecule has 6 heteroatoms. The first-order chi connectivity index (χ1) is 11.7. The van der Waals surface area contributed by atoms with Crippen LogP contribution in [0.15, 0.2) is 18.3 Å². The Labute approximate surface area is 144 Å². The van der Waals surface area contributed by atoms with Gasteiger partial charge in [-0.1, -0.05) is 26.7 Å². The van der Waals surface area contributed by atoms with E-state index < -0.39 is 0 Å². The maximum Gasteiger partial charge on any atom is 0.256 e. The van der Waals surface area contributed by atoms with Gasteiger partial charge in [0.25, 0.3) is 5.91 Å². The van der Waals surface area contributed by atoms with Gasteiger partial charge in [-0.25, -0.2) is 4.98 Å². The maximum absolute atomic E-state index is 12.5. The minimum atomic E-state index is -0.135. The largest absolute Gasteiger partial charge is 0.480 e. The molecule has 1 atom stereocenters. The highest BCUT2D eigenvalue weighted by Gasteiger charge is 2.27. The fourth-order valence-corrected chi connectivity index (χ4v) is 3.35. The van der Waals surface area contributed by atoms with Crippen LogP contribution >= 0.6 is 0 Å². The summed E-state index contributed by atoms with van der Waals surface area (Å²) < 4.78 is 10.6. The zero-order valence-electron chi connectivity index (χ0n) is 15.0. The Bertz CT molecular complexity index is 514. The molecule has 24 heavy (non-hydrogen) atoms. The molecule has 0 radical (unpaired) electrons. The number of amides is 1. The molecule has 1 amide bonds. The van der Waals surface area contributed by atoms with E-state index in [2.05, 4.69) is 29.0 Å². The molecule has 0 saturated carbocycles. The second-order valence-corrected chi connectivity index (χ2v) is 6.06. The molecule has 1 N–H and O–H groups in total. The van der Waals surface area contributed by atoms with E-state index in [1.807, 2.05) is 0 Å². The van der Waals surface area contributed by atoms with Gasteiger partial charge in [-0.05, 0) is 18.1 Å². The van der Waals surface area contributed by atoms with Crippen LogP contribution in [0.1, 0.15) is 37.0 Å². The van der Waals surface area contributed by atoms with Gasteiger partial charge < -0.3 is 14.8 Å². The first-order valence-electron chi connectivity index (χ1n) is 8.80. The predicted molar refractivity (Wildman–Crippen MR) is 93.4 cm³/mol. The summed E-state index contributed by atoms with van der Waals surface area (Å²) in [6.45, 7) is 8.44. The quantitative estimate of drug-likeness (QED) is 0.787. The van der Waals surface area contributed by atoms with Crippen LogP contribution in [-0.2, 0) is 4.74 Å². The molecule has 2 heterocycles. The minimum absolute atomic E-state index is 0.135. The Morgan fingerprint density at radius 1 is 1.38 bits per heavy atom. The van der Waals surface area contributed by atoms with E-state index in [1.54, 1.807) is 18.3 Å². The SMILES string of the molecule is CCC(CC)C(CNC(=O)c1cccnc1OC)N1CCOCC1. The second kappa shape index (κ2) is 9.59. The molecule has 134 valence electrons. The number of hydrogen-bond acceptors (Lipinski definition) is 5. The fourth-order valence-electron chi connectivity index (χ4n) is 3.35. The van der Waals surface area contributed by atoms with Crippen LogP contribution in [0.5, 0.6) is 5.88 Å². The lowest BCUT2D eigenvalue weighted by molar-refractivity contribution is 0.00190. The van der Waals surface area contributed by atoms with Gasteiger partial charge in [0.15, 0.2) is 0 Å². The van der Waals surface area contributed by atoms with Gasteiger partial charge in [-0.15, -0.1) is 0 Å². The summed E-state index contributed by atoms with van der Waals surface area (Å²) in [6.07, 6.45) is 3.82. The molecule has 0 bridgehead atoms. The average Bonchev–Trinajstić information content (AvgIpc) is 2.65. The molecule has 0 aromatic carbocycles. The Kier molecular flexibility index (Phi) is 7.46. The lowest BCUT2D eigenvalue weighted by Gasteiger charge is -2.38. The number of carbonyl (C=O) groups is 1. The van der Waals surface area contributed by atoms with Crippen LogP contribution in [-0.4, -0.2) is 61.8 Å². The lowest BCUT2D eigenvalue weighted by Crippen LogP contribution is -2.52. The lowest BCUT2D eigenvalue weighted by atomic mass is 9.92. The summed E-state index contributed by atoms with van der Waals surface area (Å²) >= 11 is 0. The number of carbonyl (C=O) groups excluding carboxylic acids is 1. The smallest absolute Gasteiger partial charge is 0.256 e. The third-order valence-electron chi connectivity index (χ3n) is 4.79. The van der Waals surface area contributed by atoms with E-state index in [4.69, 9.17) is 9.47 Å². The van der Waals surface area contributed by atoms with Crippen molar-refractivity contribution in [2.24, 2.45) is 5.92 Å². The van der Waals surface area contributed by atoms with E-state index >= 15 is 0 Å². The van der Waals surface area contributed by atoms with Crippen LogP contribution < -0.4 is 10.1 Å². The number of methoxy groups -OCH3 is 1. The number of nitrogens with one attached hydrogen (secondary N) is 1. The molecule has 1 fully saturated rings. The van der Waals surface area contributed by atoms with Crippen molar-refractivity contribution < 1.29 is 14.3 Å². The molecule has 1 aliphatic heterocycles. The third-order valence-corrected chi connectivity index (χ3v) is 4.79. The van der Waals surface area contributed by atoms with E-state index in [0.29, 0.717) is 29.9 Å². The standard InChI is InChI=1S/C18H29N3O3/c1-4-14(5-2)16(21-9-11-24-12-10-21)13-20-17(22)15-7-6-8-19-18(15)23-3/h6-8,14,16H,4-5,9-13H2,1-3H3,(H,20,22). The van der Waals surface area contributed by atoms with Crippen LogP contribution in [0.25, 0.3) is 0 Å². The summed E-state index contributed by atoms with van der Waals surface area (Å²) in [5.74, 6) is 0.781. The van der Waals surface area contributed by atoms with Crippen LogP contribution in [0.3, 0.4) is 0 Å². The number of ether oxygens (including phenoxy) is 2. The van der Waals surface area contributed by atoms with Crippen molar-refractivity contribution in [3.63, 3.8) is 0 Å². The normalized spacial score (nSPS) is 16.8. The van der Waals surface area contributed by atoms with Gasteiger partial charge in [0.05, 0.1) is 20.3 Å². The third kappa shape index (κ3) is 4.68. The number of hydrogen-bond donors (Lipinski definition) is 1. The molecule has 0 spiro atoms. The van der Waals surface area contributed by atoms with E-state index in [9.17, 15) is 4.79 Å². The maximum atomic E-state index is 12.5. The molecule has 2 rings (SSSR count). The highest BCUT2D eigenvalue weighted by molar-refractivity contribution is 5.96. The average molecular weight is 335 g/mol. The monoisotopic (exact) mass is 335 g/mol. The summed E-state index contributed by atoms with van der Waals surface area (Å²) in [7, 11) is 1.53. The topological polar surface area (TPSA) is 63.7 Å². The molecule has 1 unspecified atom stereocenters. The van der Waals surface area contributed by atoms with Gasteiger partial charge in [0.2, 0.25) is 5.88 Å². The predicted octanol–water partition coefficient (Wildman–Crippen LogP) is 1.96. The highest BCUT2D eigenvalue weighted by Crippen LogP contribution is 2.20. The van der Waals surface area contributed by atoms with Crippen molar-refractivity contribution >= 4 is 5.91 Å².